The predicted molar refractivity (Wildman–Crippen MR) is 126 cm³/mol. The van der Waals surface area contributed by atoms with Gasteiger partial charge >= 0.3 is 0 Å². The summed E-state index contributed by atoms with van der Waals surface area (Å²) in [6, 6.07) is 15.6. The first-order chi connectivity index (χ1) is 16.1. The molecule has 1 aliphatic rings. The molecule has 0 aliphatic carbocycles. The minimum atomic E-state index is -0.313. The summed E-state index contributed by atoms with van der Waals surface area (Å²) < 4.78 is 7.07. The molecule has 0 saturated carbocycles. The van der Waals surface area contributed by atoms with Gasteiger partial charge in [0.2, 0.25) is 0 Å². The van der Waals surface area contributed by atoms with Crippen molar-refractivity contribution in [3.05, 3.63) is 81.4 Å². The van der Waals surface area contributed by atoms with Crippen LogP contribution in [0.25, 0.3) is 10.9 Å². The van der Waals surface area contributed by atoms with E-state index < -0.39 is 0 Å². The number of rotatable bonds is 6. The van der Waals surface area contributed by atoms with Crippen LogP contribution in [0.5, 0.6) is 5.75 Å². The van der Waals surface area contributed by atoms with Crippen LogP contribution in [0.2, 0.25) is 0 Å². The molecule has 2 aromatic heterocycles. The van der Waals surface area contributed by atoms with Crippen molar-refractivity contribution in [3.8, 4) is 5.75 Å². The number of hydrogen-bond donors (Lipinski definition) is 1. The number of aromatic amines is 1. The van der Waals surface area contributed by atoms with Crippen LogP contribution in [0.15, 0.2) is 53.3 Å². The summed E-state index contributed by atoms with van der Waals surface area (Å²) in [6.45, 7) is 4.34. The van der Waals surface area contributed by atoms with E-state index in [1.165, 1.54) is 6.42 Å². The molecule has 0 bridgehead atoms. The maximum Gasteiger partial charge on any atom is 0.253 e. The Morgan fingerprint density at radius 2 is 1.88 bits per heavy atom. The number of H-pyrrole nitrogens is 1. The van der Waals surface area contributed by atoms with Crippen LogP contribution in [-0.2, 0) is 6.54 Å². The maximum absolute atomic E-state index is 13.3. The first kappa shape index (κ1) is 21.3. The van der Waals surface area contributed by atoms with Crippen molar-refractivity contribution >= 4 is 10.9 Å². The fraction of sp³-hybridized carbons (Fsp3) is 0.360. The van der Waals surface area contributed by atoms with E-state index in [1.54, 1.807) is 11.8 Å². The zero-order valence-corrected chi connectivity index (χ0v) is 19.0. The van der Waals surface area contributed by atoms with Gasteiger partial charge in [0.15, 0.2) is 5.82 Å². The Hall–Kier alpha value is -3.52. The lowest BCUT2D eigenvalue weighted by Crippen LogP contribution is -2.38. The number of hydrogen-bond acceptors (Lipinski definition) is 6. The summed E-state index contributed by atoms with van der Waals surface area (Å²) in [5.41, 5.74) is 3.58. The number of likely N-dealkylation sites (tertiary alicyclic amines) is 1. The number of pyridine rings is 1. The Morgan fingerprint density at radius 1 is 1.09 bits per heavy atom. The highest BCUT2D eigenvalue weighted by molar-refractivity contribution is 5.82. The van der Waals surface area contributed by atoms with E-state index in [4.69, 9.17) is 4.74 Å². The Labute approximate surface area is 192 Å². The molecule has 1 N–H and O–H groups in total. The number of methoxy groups -OCH3 is 1. The van der Waals surface area contributed by atoms with Crippen LogP contribution < -0.4 is 10.3 Å². The number of fused-ring (bicyclic) bond motifs is 1. The van der Waals surface area contributed by atoms with Gasteiger partial charge in [-0.3, -0.25) is 9.69 Å². The van der Waals surface area contributed by atoms with Gasteiger partial charge in [-0.25, -0.2) is 4.68 Å². The maximum atomic E-state index is 13.3. The van der Waals surface area contributed by atoms with Crippen molar-refractivity contribution in [2.45, 2.75) is 38.8 Å². The Bertz CT molecular complexity index is 1300. The number of aryl methyl sites for hydroxylation is 1. The summed E-state index contributed by atoms with van der Waals surface area (Å²) in [7, 11) is 1.65. The summed E-state index contributed by atoms with van der Waals surface area (Å²) in [4.78, 5) is 18.8. The quantitative estimate of drug-likeness (QED) is 0.490. The van der Waals surface area contributed by atoms with E-state index in [0.717, 1.165) is 53.7 Å². The first-order valence-electron chi connectivity index (χ1n) is 11.4. The van der Waals surface area contributed by atoms with Gasteiger partial charge in [-0.15, -0.1) is 5.10 Å². The monoisotopic (exact) mass is 444 g/mol. The van der Waals surface area contributed by atoms with Crippen molar-refractivity contribution in [1.82, 2.24) is 30.1 Å². The Morgan fingerprint density at radius 3 is 2.64 bits per heavy atom. The summed E-state index contributed by atoms with van der Waals surface area (Å²) in [6.07, 6.45) is 3.40. The van der Waals surface area contributed by atoms with Gasteiger partial charge in [-0.1, -0.05) is 36.8 Å². The van der Waals surface area contributed by atoms with E-state index in [0.29, 0.717) is 17.9 Å². The van der Waals surface area contributed by atoms with Crippen LogP contribution in [-0.4, -0.2) is 50.3 Å². The predicted octanol–water partition coefficient (Wildman–Crippen LogP) is 3.46. The number of aromatic nitrogens is 5. The first-order valence-corrected chi connectivity index (χ1v) is 11.4. The molecule has 0 amide bonds. The van der Waals surface area contributed by atoms with Crippen LogP contribution in [0.1, 0.15) is 47.8 Å². The van der Waals surface area contributed by atoms with Crippen molar-refractivity contribution in [2.24, 2.45) is 0 Å². The molecule has 0 radical (unpaired) electrons. The SMILES string of the molecule is COc1ccc(Cn2nnnc2[C@H](c2cc3cccc(C)c3[nH]c2=O)N2CCCCC2)cc1. The molecule has 3 heterocycles. The molecule has 8 heteroatoms. The molecule has 33 heavy (non-hydrogen) atoms. The van der Waals surface area contributed by atoms with E-state index >= 15 is 0 Å². The van der Waals surface area contributed by atoms with Crippen LogP contribution in [0, 0.1) is 6.92 Å². The molecule has 1 fully saturated rings. The van der Waals surface area contributed by atoms with E-state index in [2.05, 4.69) is 25.4 Å². The number of benzene rings is 2. The normalized spacial score (nSPS) is 15.6. The largest absolute Gasteiger partial charge is 0.497 e. The lowest BCUT2D eigenvalue weighted by atomic mass is 9.99. The standard InChI is InChI=1S/C25H28N6O2/c1-17-7-6-8-19-15-21(25(32)26-22(17)19)23(30-13-4-3-5-14-30)24-27-28-29-31(24)16-18-9-11-20(33-2)12-10-18/h6-12,15,23H,3-5,13-14,16H2,1-2H3,(H,26,32)/t23-/m0/s1. The number of nitrogens with one attached hydrogen (secondary N) is 1. The highest BCUT2D eigenvalue weighted by atomic mass is 16.5. The molecule has 4 aromatic rings. The zero-order valence-electron chi connectivity index (χ0n) is 19.0. The third-order valence-corrected chi connectivity index (χ3v) is 6.46. The number of tetrazole rings is 1. The van der Waals surface area contributed by atoms with E-state index in [-0.39, 0.29) is 11.6 Å². The van der Waals surface area contributed by atoms with Gasteiger partial charge < -0.3 is 9.72 Å². The molecule has 0 spiro atoms. The molecule has 0 unspecified atom stereocenters. The van der Waals surface area contributed by atoms with Crippen LogP contribution in [0.4, 0.5) is 0 Å². The van der Waals surface area contributed by atoms with E-state index in [1.807, 2.05) is 55.5 Å². The lowest BCUT2D eigenvalue weighted by Gasteiger charge is -2.33. The smallest absolute Gasteiger partial charge is 0.253 e. The number of para-hydroxylation sites is 1. The van der Waals surface area contributed by atoms with Crippen molar-refractivity contribution in [3.63, 3.8) is 0 Å². The van der Waals surface area contributed by atoms with Gasteiger partial charge in [0.05, 0.1) is 19.2 Å². The highest BCUT2D eigenvalue weighted by Crippen LogP contribution is 2.30. The van der Waals surface area contributed by atoms with E-state index in [9.17, 15) is 4.79 Å². The average Bonchev–Trinajstić information content (AvgIpc) is 3.29. The minimum absolute atomic E-state index is 0.0913. The fourth-order valence-corrected chi connectivity index (χ4v) is 4.70. The second-order valence-electron chi connectivity index (χ2n) is 8.63. The highest BCUT2D eigenvalue weighted by Gasteiger charge is 2.31. The molecule has 1 saturated heterocycles. The third-order valence-electron chi connectivity index (χ3n) is 6.46. The van der Waals surface area contributed by atoms with Gasteiger partial charge in [-0.2, -0.15) is 0 Å². The summed E-state index contributed by atoms with van der Waals surface area (Å²) in [5.74, 6) is 1.49. The number of nitrogens with zero attached hydrogens (tertiary/aromatic N) is 5. The second-order valence-corrected chi connectivity index (χ2v) is 8.63. The van der Waals surface area contributed by atoms with Crippen molar-refractivity contribution < 1.29 is 4.74 Å². The molecular weight excluding hydrogens is 416 g/mol. The Balaban J connectivity index is 1.59. The minimum Gasteiger partial charge on any atom is -0.497 e. The average molecular weight is 445 g/mol. The molecule has 1 aliphatic heterocycles. The van der Waals surface area contributed by atoms with Gasteiger partial charge in [-0.05, 0) is 78.0 Å². The summed E-state index contributed by atoms with van der Waals surface area (Å²) >= 11 is 0. The molecule has 2 aromatic carbocycles. The van der Waals surface area contributed by atoms with Gasteiger partial charge in [0, 0.05) is 5.56 Å². The van der Waals surface area contributed by atoms with Gasteiger partial charge in [0.25, 0.3) is 5.56 Å². The second kappa shape index (κ2) is 9.15. The fourth-order valence-electron chi connectivity index (χ4n) is 4.70. The Kier molecular flexibility index (Phi) is 5.92. The topological polar surface area (TPSA) is 88.9 Å². The van der Waals surface area contributed by atoms with Crippen LogP contribution >= 0.6 is 0 Å². The number of ether oxygens (including phenoxy) is 1. The van der Waals surface area contributed by atoms with Crippen molar-refractivity contribution in [2.75, 3.05) is 20.2 Å². The third kappa shape index (κ3) is 4.26. The lowest BCUT2D eigenvalue weighted by molar-refractivity contribution is 0.177. The van der Waals surface area contributed by atoms with Crippen LogP contribution in [0.3, 0.4) is 0 Å². The van der Waals surface area contributed by atoms with Gasteiger partial charge in [0.1, 0.15) is 11.8 Å². The molecule has 1 atom stereocenters. The molecule has 8 nitrogen and oxygen atoms in total. The summed E-state index contributed by atoms with van der Waals surface area (Å²) in [5, 5.41) is 13.7. The molecule has 5 rings (SSSR count). The molecule has 170 valence electrons. The number of piperidine rings is 1. The molecular formula is C25H28N6O2. The zero-order chi connectivity index (χ0) is 22.8. The van der Waals surface area contributed by atoms with Crippen molar-refractivity contribution in [1.29, 1.82) is 0 Å².